The number of carbonyl (C=O) groups excluding carboxylic acids is 1. The van der Waals surface area contributed by atoms with E-state index in [2.05, 4.69) is 11.9 Å². The predicted octanol–water partition coefficient (Wildman–Crippen LogP) is 3.99. The second-order valence-electron chi connectivity index (χ2n) is 5.09. The molecule has 0 unspecified atom stereocenters. The zero-order valence-electron chi connectivity index (χ0n) is 12.6. The SMILES string of the molecule is CCCCOc1ccc(C(=O)Cc2ncccc2C)cc1. The Morgan fingerprint density at radius 3 is 2.62 bits per heavy atom. The summed E-state index contributed by atoms with van der Waals surface area (Å²) in [7, 11) is 0. The molecule has 1 aromatic carbocycles. The van der Waals surface area contributed by atoms with Gasteiger partial charge in [0.25, 0.3) is 0 Å². The van der Waals surface area contributed by atoms with E-state index in [0.717, 1.165) is 36.5 Å². The lowest BCUT2D eigenvalue weighted by molar-refractivity contribution is 0.0991. The van der Waals surface area contributed by atoms with Crippen LogP contribution in [0.3, 0.4) is 0 Å². The van der Waals surface area contributed by atoms with Gasteiger partial charge in [-0.05, 0) is 49.2 Å². The fourth-order valence-electron chi connectivity index (χ4n) is 2.03. The normalized spacial score (nSPS) is 10.4. The molecule has 0 amide bonds. The zero-order chi connectivity index (χ0) is 15.1. The maximum atomic E-state index is 12.3. The van der Waals surface area contributed by atoms with E-state index in [1.54, 1.807) is 6.20 Å². The number of nitrogens with zero attached hydrogens (tertiary/aromatic N) is 1. The average molecular weight is 283 g/mol. The van der Waals surface area contributed by atoms with Gasteiger partial charge in [0.2, 0.25) is 0 Å². The summed E-state index contributed by atoms with van der Waals surface area (Å²) >= 11 is 0. The number of ketones is 1. The lowest BCUT2D eigenvalue weighted by Crippen LogP contribution is -2.06. The molecule has 0 aliphatic carbocycles. The number of aromatic nitrogens is 1. The van der Waals surface area contributed by atoms with Crippen molar-refractivity contribution in [3.63, 3.8) is 0 Å². The van der Waals surface area contributed by atoms with Gasteiger partial charge in [0.15, 0.2) is 5.78 Å². The minimum absolute atomic E-state index is 0.0805. The zero-order valence-corrected chi connectivity index (χ0v) is 12.6. The van der Waals surface area contributed by atoms with Gasteiger partial charge in [-0.25, -0.2) is 0 Å². The van der Waals surface area contributed by atoms with Crippen LogP contribution >= 0.6 is 0 Å². The van der Waals surface area contributed by atoms with Crippen molar-refractivity contribution in [2.75, 3.05) is 6.61 Å². The van der Waals surface area contributed by atoms with Gasteiger partial charge in [-0.2, -0.15) is 0 Å². The summed E-state index contributed by atoms with van der Waals surface area (Å²) < 4.78 is 5.59. The van der Waals surface area contributed by atoms with E-state index in [4.69, 9.17) is 4.74 Å². The number of pyridine rings is 1. The van der Waals surface area contributed by atoms with Gasteiger partial charge in [0.05, 0.1) is 18.7 Å². The number of hydrogen-bond acceptors (Lipinski definition) is 3. The Bertz CT molecular complexity index is 590. The molecule has 3 heteroatoms. The smallest absolute Gasteiger partial charge is 0.168 e. The Labute approximate surface area is 126 Å². The number of hydrogen-bond donors (Lipinski definition) is 0. The summed E-state index contributed by atoms with van der Waals surface area (Å²) in [6.45, 7) is 4.82. The molecule has 0 fully saturated rings. The van der Waals surface area contributed by atoms with Crippen molar-refractivity contribution in [3.05, 3.63) is 59.4 Å². The summed E-state index contributed by atoms with van der Waals surface area (Å²) in [6, 6.07) is 11.2. The van der Waals surface area contributed by atoms with Crippen LogP contribution in [-0.4, -0.2) is 17.4 Å². The molecule has 3 nitrogen and oxygen atoms in total. The van der Waals surface area contributed by atoms with E-state index >= 15 is 0 Å². The van der Waals surface area contributed by atoms with Crippen molar-refractivity contribution < 1.29 is 9.53 Å². The lowest BCUT2D eigenvalue weighted by atomic mass is 10.0. The first-order valence-electron chi connectivity index (χ1n) is 7.37. The van der Waals surface area contributed by atoms with Crippen molar-refractivity contribution >= 4 is 5.78 Å². The van der Waals surface area contributed by atoms with Crippen molar-refractivity contribution in [2.24, 2.45) is 0 Å². The molecule has 0 N–H and O–H groups in total. The summed E-state index contributed by atoms with van der Waals surface area (Å²) in [5.41, 5.74) is 2.58. The van der Waals surface area contributed by atoms with Crippen LogP contribution in [-0.2, 0) is 6.42 Å². The largest absolute Gasteiger partial charge is 0.494 e. The number of Topliss-reactive ketones (excluding diaryl/α,β-unsaturated/α-hetero) is 1. The molecule has 2 aromatic rings. The van der Waals surface area contributed by atoms with Crippen molar-refractivity contribution in [2.45, 2.75) is 33.1 Å². The Morgan fingerprint density at radius 1 is 1.19 bits per heavy atom. The summed E-state index contributed by atoms with van der Waals surface area (Å²) in [4.78, 5) is 16.5. The lowest BCUT2D eigenvalue weighted by Gasteiger charge is -2.07. The first kappa shape index (κ1) is 15.2. The Hall–Kier alpha value is -2.16. The van der Waals surface area contributed by atoms with E-state index in [1.165, 1.54) is 0 Å². The van der Waals surface area contributed by atoms with Crippen molar-refractivity contribution in [3.8, 4) is 5.75 Å². The van der Waals surface area contributed by atoms with E-state index in [0.29, 0.717) is 12.0 Å². The van der Waals surface area contributed by atoms with Crippen LogP contribution in [0.15, 0.2) is 42.6 Å². The van der Waals surface area contributed by atoms with E-state index in [1.807, 2.05) is 43.3 Å². The highest BCUT2D eigenvalue weighted by molar-refractivity contribution is 5.97. The molecule has 1 aromatic heterocycles. The second-order valence-corrected chi connectivity index (χ2v) is 5.09. The quantitative estimate of drug-likeness (QED) is 0.569. The van der Waals surface area contributed by atoms with Crippen LogP contribution in [0.1, 0.15) is 41.4 Å². The van der Waals surface area contributed by atoms with Crippen molar-refractivity contribution in [1.29, 1.82) is 0 Å². The number of unbranched alkanes of at least 4 members (excludes halogenated alkanes) is 1. The number of carbonyl (C=O) groups is 1. The van der Waals surface area contributed by atoms with E-state index in [-0.39, 0.29) is 5.78 Å². The summed E-state index contributed by atoms with van der Waals surface area (Å²) in [5, 5.41) is 0. The fraction of sp³-hybridized carbons (Fsp3) is 0.333. The molecule has 21 heavy (non-hydrogen) atoms. The van der Waals surface area contributed by atoms with Gasteiger partial charge in [0.1, 0.15) is 5.75 Å². The molecule has 0 atom stereocenters. The summed E-state index contributed by atoms with van der Waals surface area (Å²) in [6.07, 6.45) is 4.21. The first-order valence-corrected chi connectivity index (χ1v) is 7.37. The maximum Gasteiger partial charge on any atom is 0.168 e. The number of ether oxygens (including phenoxy) is 1. The topological polar surface area (TPSA) is 39.2 Å². The molecule has 0 bridgehead atoms. The highest BCUT2D eigenvalue weighted by Gasteiger charge is 2.09. The van der Waals surface area contributed by atoms with Gasteiger partial charge in [-0.1, -0.05) is 19.4 Å². The third-order valence-electron chi connectivity index (χ3n) is 3.39. The molecule has 0 radical (unpaired) electrons. The predicted molar refractivity (Wildman–Crippen MR) is 83.9 cm³/mol. The fourth-order valence-corrected chi connectivity index (χ4v) is 2.03. The molecule has 2 rings (SSSR count). The highest BCUT2D eigenvalue weighted by Crippen LogP contribution is 2.15. The summed E-state index contributed by atoms with van der Waals surface area (Å²) in [5.74, 6) is 0.894. The van der Waals surface area contributed by atoms with E-state index < -0.39 is 0 Å². The van der Waals surface area contributed by atoms with Crippen LogP contribution in [0.2, 0.25) is 0 Å². The average Bonchev–Trinajstić information content (AvgIpc) is 2.50. The molecule has 0 spiro atoms. The highest BCUT2D eigenvalue weighted by atomic mass is 16.5. The molecule has 0 saturated carbocycles. The third kappa shape index (κ3) is 4.42. The van der Waals surface area contributed by atoms with Gasteiger partial charge < -0.3 is 4.74 Å². The molecular formula is C18H21NO2. The monoisotopic (exact) mass is 283 g/mol. The number of aryl methyl sites for hydroxylation is 1. The first-order chi connectivity index (χ1) is 10.2. The third-order valence-corrected chi connectivity index (χ3v) is 3.39. The molecule has 0 aliphatic heterocycles. The molecule has 0 saturated heterocycles. The Kier molecular flexibility index (Phi) is 5.50. The minimum atomic E-state index is 0.0805. The van der Waals surface area contributed by atoms with Crippen LogP contribution in [0.5, 0.6) is 5.75 Å². The molecule has 1 heterocycles. The number of benzene rings is 1. The number of rotatable bonds is 7. The van der Waals surface area contributed by atoms with Crippen molar-refractivity contribution in [1.82, 2.24) is 4.98 Å². The Balaban J connectivity index is 1.98. The maximum absolute atomic E-state index is 12.3. The van der Waals surface area contributed by atoms with Crippen LogP contribution in [0.25, 0.3) is 0 Å². The molecule has 110 valence electrons. The standard InChI is InChI=1S/C18H21NO2/c1-3-4-12-21-16-9-7-15(8-10-16)18(20)13-17-14(2)6-5-11-19-17/h5-11H,3-4,12-13H2,1-2H3. The van der Waals surface area contributed by atoms with Gasteiger partial charge in [-0.3, -0.25) is 9.78 Å². The van der Waals surface area contributed by atoms with Gasteiger partial charge in [-0.15, -0.1) is 0 Å². The van der Waals surface area contributed by atoms with Gasteiger partial charge in [0, 0.05) is 11.8 Å². The van der Waals surface area contributed by atoms with Gasteiger partial charge >= 0.3 is 0 Å². The minimum Gasteiger partial charge on any atom is -0.494 e. The van der Waals surface area contributed by atoms with Crippen LogP contribution in [0.4, 0.5) is 0 Å². The Morgan fingerprint density at radius 2 is 1.95 bits per heavy atom. The van der Waals surface area contributed by atoms with Crippen LogP contribution in [0, 0.1) is 6.92 Å². The van der Waals surface area contributed by atoms with Crippen LogP contribution < -0.4 is 4.74 Å². The second kappa shape index (κ2) is 7.58. The molecular weight excluding hydrogens is 262 g/mol. The van der Waals surface area contributed by atoms with E-state index in [9.17, 15) is 4.79 Å². The molecule has 0 aliphatic rings.